The number of hydrogen-bond acceptors (Lipinski definition) is 4. The van der Waals surface area contributed by atoms with Crippen LogP contribution in [-0.2, 0) is 6.61 Å². The fourth-order valence-corrected chi connectivity index (χ4v) is 2.53. The van der Waals surface area contributed by atoms with Gasteiger partial charge in [-0.2, -0.15) is 0 Å². The molecular formula is C23H25N3O2. The first-order chi connectivity index (χ1) is 13.6. The molecule has 144 valence electrons. The van der Waals surface area contributed by atoms with Crippen LogP contribution in [0.1, 0.15) is 36.2 Å². The third kappa shape index (κ3) is 5.58. The molecule has 0 radical (unpaired) electrons. The molecule has 1 atom stereocenters. The van der Waals surface area contributed by atoms with Crippen molar-refractivity contribution in [2.45, 2.75) is 32.9 Å². The zero-order valence-electron chi connectivity index (χ0n) is 16.2. The lowest BCUT2D eigenvalue weighted by molar-refractivity contribution is 0.0939. The third-order valence-electron chi connectivity index (χ3n) is 4.39. The molecule has 28 heavy (non-hydrogen) atoms. The Morgan fingerprint density at radius 2 is 1.79 bits per heavy atom. The molecule has 1 amide bonds. The minimum absolute atomic E-state index is 0.103. The van der Waals surface area contributed by atoms with Crippen molar-refractivity contribution in [2.24, 2.45) is 0 Å². The summed E-state index contributed by atoms with van der Waals surface area (Å²) < 4.78 is 5.79. The average molecular weight is 375 g/mol. The fourth-order valence-electron chi connectivity index (χ4n) is 2.53. The van der Waals surface area contributed by atoms with Crippen molar-refractivity contribution in [1.29, 1.82) is 0 Å². The van der Waals surface area contributed by atoms with Crippen LogP contribution < -0.4 is 15.4 Å². The van der Waals surface area contributed by atoms with E-state index in [1.807, 2.05) is 68.4 Å². The van der Waals surface area contributed by atoms with Gasteiger partial charge in [-0.05, 0) is 55.3 Å². The van der Waals surface area contributed by atoms with E-state index in [9.17, 15) is 4.79 Å². The summed E-state index contributed by atoms with van der Waals surface area (Å²) in [5.74, 6) is 1.38. The van der Waals surface area contributed by atoms with E-state index in [1.54, 1.807) is 18.3 Å². The summed E-state index contributed by atoms with van der Waals surface area (Å²) >= 11 is 0. The van der Waals surface area contributed by atoms with Crippen molar-refractivity contribution in [3.63, 3.8) is 0 Å². The molecule has 2 N–H and O–H groups in total. The van der Waals surface area contributed by atoms with E-state index in [4.69, 9.17) is 4.74 Å². The van der Waals surface area contributed by atoms with Crippen molar-refractivity contribution < 1.29 is 9.53 Å². The number of amides is 1. The predicted molar refractivity (Wildman–Crippen MR) is 112 cm³/mol. The molecule has 5 heteroatoms. The predicted octanol–water partition coefficient (Wildman–Crippen LogP) is 4.93. The molecule has 0 aliphatic rings. The maximum atomic E-state index is 12.1. The van der Waals surface area contributed by atoms with Gasteiger partial charge in [-0.15, -0.1) is 0 Å². The smallest absolute Gasteiger partial charge is 0.253 e. The number of hydrogen-bond donors (Lipinski definition) is 2. The third-order valence-corrected chi connectivity index (χ3v) is 4.39. The Labute approximate surface area is 165 Å². The summed E-state index contributed by atoms with van der Waals surface area (Å²) in [6.07, 6.45) is 2.47. The minimum Gasteiger partial charge on any atom is -0.489 e. The largest absolute Gasteiger partial charge is 0.489 e. The van der Waals surface area contributed by atoms with Gasteiger partial charge in [0.1, 0.15) is 18.2 Å². The maximum absolute atomic E-state index is 12.1. The van der Waals surface area contributed by atoms with Crippen LogP contribution in [0.3, 0.4) is 0 Å². The topological polar surface area (TPSA) is 63.2 Å². The van der Waals surface area contributed by atoms with Gasteiger partial charge in [0.05, 0.1) is 5.56 Å². The Bertz CT molecular complexity index is 878. The highest BCUT2D eigenvalue weighted by Crippen LogP contribution is 2.20. The van der Waals surface area contributed by atoms with Crippen LogP contribution in [0.15, 0.2) is 72.9 Å². The van der Waals surface area contributed by atoms with Crippen molar-refractivity contribution >= 4 is 17.4 Å². The second-order valence-corrected chi connectivity index (χ2v) is 6.64. The van der Waals surface area contributed by atoms with Gasteiger partial charge < -0.3 is 15.4 Å². The zero-order chi connectivity index (χ0) is 19.8. The Hall–Kier alpha value is -3.34. The fraction of sp³-hybridized carbons (Fsp3) is 0.217. The summed E-state index contributed by atoms with van der Waals surface area (Å²) in [5, 5.41) is 6.16. The number of pyridine rings is 1. The second-order valence-electron chi connectivity index (χ2n) is 6.64. The van der Waals surface area contributed by atoms with Crippen LogP contribution in [0.5, 0.6) is 5.75 Å². The number of anilines is 2. The highest BCUT2D eigenvalue weighted by Gasteiger charge is 2.09. The molecule has 1 aromatic heterocycles. The molecular weight excluding hydrogens is 350 g/mol. The van der Waals surface area contributed by atoms with Gasteiger partial charge in [-0.3, -0.25) is 4.79 Å². The molecule has 3 rings (SSSR count). The van der Waals surface area contributed by atoms with E-state index < -0.39 is 0 Å². The number of ether oxygens (including phenoxy) is 1. The van der Waals surface area contributed by atoms with Crippen LogP contribution in [0, 0.1) is 0 Å². The molecule has 0 spiro atoms. The first-order valence-electron chi connectivity index (χ1n) is 9.45. The summed E-state index contributed by atoms with van der Waals surface area (Å²) in [6.45, 7) is 4.55. The van der Waals surface area contributed by atoms with E-state index in [-0.39, 0.29) is 11.9 Å². The molecule has 3 aromatic rings. The standard InChI is InChI=1S/C23H25N3O2/c1-3-17(2)25-23(27)19-9-14-22(24-15-19)26-20-10-12-21(13-11-20)28-16-18-7-5-4-6-8-18/h4-15,17H,3,16H2,1-2H3,(H,24,26)(H,25,27). The first kappa shape index (κ1) is 19.4. The van der Waals surface area contributed by atoms with Crippen LogP contribution in [0.4, 0.5) is 11.5 Å². The molecule has 0 saturated heterocycles. The number of carbonyl (C=O) groups is 1. The van der Waals surface area contributed by atoms with Gasteiger partial charge in [-0.25, -0.2) is 4.98 Å². The summed E-state index contributed by atoms with van der Waals surface area (Å²) in [5.41, 5.74) is 2.58. The maximum Gasteiger partial charge on any atom is 0.253 e. The Balaban J connectivity index is 1.54. The second kappa shape index (κ2) is 9.55. The van der Waals surface area contributed by atoms with Gasteiger partial charge in [0.15, 0.2) is 0 Å². The van der Waals surface area contributed by atoms with Crippen molar-refractivity contribution in [1.82, 2.24) is 10.3 Å². The van der Waals surface area contributed by atoms with E-state index in [2.05, 4.69) is 15.6 Å². The Morgan fingerprint density at radius 1 is 1.04 bits per heavy atom. The first-order valence-corrected chi connectivity index (χ1v) is 9.45. The monoisotopic (exact) mass is 375 g/mol. The quantitative estimate of drug-likeness (QED) is 0.586. The summed E-state index contributed by atoms with van der Waals surface area (Å²) in [6, 6.07) is 21.5. The Kier molecular flexibility index (Phi) is 6.63. The highest BCUT2D eigenvalue weighted by atomic mass is 16.5. The molecule has 1 unspecified atom stereocenters. The van der Waals surface area contributed by atoms with E-state index in [1.165, 1.54) is 0 Å². The lowest BCUT2D eigenvalue weighted by Gasteiger charge is -2.12. The number of aromatic nitrogens is 1. The van der Waals surface area contributed by atoms with Crippen molar-refractivity contribution in [3.05, 3.63) is 84.1 Å². The minimum atomic E-state index is -0.103. The molecule has 0 aliphatic heterocycles. The lowest BCUT2D eigenvalue weighted by Crippen LogP contribution is -2.31. The molecule has 0 aliphatic carbocycles. The molecule has 0 fully saturated rings. The SMILES string of the molecule is CCC(C)NC(=O)c1ccc(Nc2ccc(OCc3ccccc3)cc2)nc1. The molecule has 2 aromatic carbocycles. The van der Waals surface area contributed by atoms with E-state index in [0.29, 0.717) is 18.0 Å². The van der Waals surface area contributed by atoms with Gasteiger partial charge >= 0.3 is 0 Å². The van der Waals surface area contributed by atoms with Crippen LogP contribution >= 0.6 is 0 Å². The van der Waals surface area contributed by atoms with Crippen LogP contribution in [-0.4, -0.2) is 16.9 Å². The van der Waals surface area contributed by atoms with Gasteiger partial charge in [0, 0.05) is 17.9 Å². The molecule has 0 bridgehead atoms. The molecule has 0 saturated carbocycles. The van der Waals surface area contributed by atoms with E-state index >= 15 is 0 Å². The molecule has 1 heterocycles. The zero-order valence-corrected chi connectivity index (χ0v) is 16.2. The van der Waals surface area contributed by atoms with Crippen molar-refractivity contribution in [3.8, 4) is 5.75 Å². The average Bonchev–Trinajstić information content (AvgIpc) is 2.74. The van der Waals surface area contributed by atoms with Gasteiger partial charge in [-0.1, -0.05) is 37.3 Å². The summed E-state index contributed by atoms with van der Waals surface area (Å²) in [4.78, 5) is 16.4. The highest BCUT2D eigenvalue weighted by molar-refractivity contribution is 5.94. The normalized spacial score (nSPS) is 11.5. The molecule has 5 nitrogen and oxygen atoms in total. The number of rotatable bonds is 8. The lowest BCUT2D eigenvalue weighted by atomic mass is 10.2. The van der Waals surface area contributed by atoms with Gasteiger partial charge in [0.25, 0.3) is 5.91 Å². The Morgan fingerprint density at radius 3 is 2.43 bits per heavy atom. The number of nitrogens with one attached hydrogen (secondary N) is 2. The summed E-state index contributed by atoms with van der Waals surface area (Å²) in [7, 11) is 0. The number of benzene rings is 2. The number of carbonyl (C=O) groups excluding carboxylic acids is 1. The van der Waals surface area contributed by atoms with E-state index in [0.717, 1.165) is 23.4 Å². The van der Waals surface area contributed by atoms with Gasteiger partial charge in [0.2, 0.25) is 0 Å². The van der Waals surface area contributed by atoms with Crippen LogP contribution in [0.2, 0.25) is 0 Å². The van der Waals surface area contributed by atoms with Crippen molar-refractivity contribution in [2.75, 3.05) is 5.32 Å². The number of nitrogens with zero attached hydrogens (tertiary/aromatic N) is 1. The van der Waals surface area contributed by atoms with Crippen LogP contribution in [0.25, 0.3) is 0 Å².